The predicted octanol–water partition coefficient (Wildman–Crippen LogP) is 6.60. The smallest absolute Gasteiger partial charge is 0.408 e. The first-order chi connectivity index (χ1) is 29.6. The third kappa shape index (κ3) is 9.52. The third-order valence-corrected chi connectivity index (χ3v) is 14.0. The molecule has 3 saturated heterocycles. The summed E-state index contributed by atoms with van der Waals surface area (Å²) in [6.07, 6.45) is 7.83. The number of aromatic nitrogens is 2. The zero-order chi connectivity index (χ0) is 43.9. The van der Waals surface area contributed by atoms with Crippen LogP contribution in [0.4, 0.5) is 4.79 Å². The first kappa shape index (κ1) is 44.5. The van der Waals surface area contributed by atoms with E-state index in [-0.39, 0.29) is 31.1 Å². The summed E-state index contributed by atoms with van der Waals surface area (Å²) in [6.45, 7) is 19.6. The number of hydrogen-bond donors (Lipinski definition) is 2. The zero-order valence-electron chi connectivity index (χ0n) is 37.9. The first-order valence-corrected chi connectivity index (χ1v) is 23.6. The Morgan fingerprint density at radius 1 is 1.08 bits per heavy atom. The number of carbonyl (C=O) groups excluding carboxylic acids is 3. The van der Waals surface area contributed by atoms with Crippen molar-refractivity contribution >= 4 is 52.0 Å². The minimum atomic E-state index is -0.982. The van der Waals surface area contributed by atoms with Crippen LogP contribution in [0.25, 0.3) is 27.7 Å². The number of alkyl carbamates (subject to hydrolysis) is 1. The Morgan fingerprint density at radius 3 is 2.66 bits per heavy atom. The zero-order valence-corrected chi connectivity index (χ0v) is 38.7. The molecule has 3 fully saturated rings. The van der Waals surface area contributed by atoms with Gasteiger partial charge in [-0.3, -0.25) is 29.4 Å². The number of aryl methyl sites for hydroxylation is 1. The Balaban J connectivity index is 1.22. The van der Waals surface area contributed by atoms with Crippen molar-refractivity contribution < 1.29 is 28.6 Å². The molecule has 0 radical (unpaired) electrons. The molecule has 15 heteroatoms. The maximum Gasteiger partial charge on any atom is 0.408 e. The second kappa shape index (κ2) is 18.1. The van der Waals surface area contributed by atoms with E-state index in [4.69, 9.17) is 24.2 Å². The number of aliphatic imine (C=N–C) groups is 1. The lowest BCUT2D eigenvalue weighted by Gasteiger charge is -2.46. The molecule has 6 bridgehead atoms. The fourth-order valence-corrected chi connectivity index (χ4v) is 10.8. The molecule has 5 atom stereocenters. The number of benzene rings is 1. The number of methoxy groups -OCH3 is 1. The highest BCUT2D eigenvalue weighted by atomic mass is 32.1. The minimum Gasteiger partial charge on any atom is -0.464 e. The van der Waals surface area contributed by atoms with E-state index in [0.29, 0.717) is 36.9 Å². The highest BCUT2D eigenvalue weighted by Gasteiger charge is 2.38. The minimum absolute atomic E-state index is 0.153. The van der Waals surface area contributed by atoms with Crippen LogP contribution < -0.4 is 10.7 Å². The van der Waals surface area contributed by atoms with Crippen LogP contribution in [0.15, 0.2) is 34.3 Å². The molecular formula is C47H66N8O6S. The van der Waals surface area contributed by atoms with Gasteiger partial charge in [-0.15, -0.1) is 11.3 Å². The number of cyclic esters (lactones) is 1. The van der Waals surface area contributed by atoms with Gasteiger partial charge in [-0.25, -0.2) is 15.2 Å². The number of carbonyl (C=O) groups is 3. The number of piperidine rings is 1. The SMILES string of the molecule is CCn1c(C2=C([C@H](C)OC)N=CC(N3CCN4CCCC[C@@H]4C3)C2)c2c3cc(ccc31)-c1csc(n1)C[C@H](NC(=O)OC(C)(C)C)C(=O)N1CCC[C@H](N1)C(=O)OCC(C)(C)C2. The molecule has 0 saturated carbocycles. The maximum atomic E-state index is 14.2. The predicted molar refractivity (Wildman–Crippen MR) is 243 cm³/mol. The van der Waals surface area contributed by atoms with Gasteiger partial charge in [0.2, 0.25) is 0 Å². The van der Waals surface area contributed by atoms with E-state index in [9.17, 15) is 14.4 Å². The van der Waals surface area contributed by atoms with Gasteiger partial charge >= 0.3 is 12.1 Å². The van der Waals surface area contributed by atoms with E-state index in [1.54, 1.807) is 27.9 Å². The van der Waals surface area contributed by atoms with E-state index in [1.807, 2.05) is 5.38 Å². The summed E-state index contributed by atoms with van der Waals surface area (Å²) >= 11 is 1.46. The van der Waals surface area contributed by atoms with Crippen molar-refractivity contribution in [2.45, 2.75) is 142 Å². The van der Waals surface area contributed by atoms with Crippen LogP contribution >= 0.6 is 11.3 Å². The Bertz CT molecular complexity index is 2220. The van der Waals surface area contributed by atoms with Gasteiger partial charge in [0, 0.05) is 97.4 Å². The second-order valence-electron chi connectivity index (χ2n) is 19.6. The highest BCUT2D eigenvalue weighted by molar-refractivity contribution is 7.10. The molecule has 2 aromatic heterocycles. The number of hydrazine groups is 1. The monoisotopic (exact) mass is 870 g/mol. The highest BCUT2D eigenvalue weighted by Crippen LogP contribution is 2.43. The molecule has 1 aromatic carbocycles. The van der Waals surface area contributed by atoms with Gasteiger partial charge in [0.25, 0.3) is 5.91 Å². The molecule has 3 aromatic rings. The molecule has 14 nitrogen and oxygen atoms in total. The van der Waals surface area contributed by atoms with E-state index < -0.39 is 35.2 Å². The normalized spacial score (nSPS) is 25.9. The summed E-state index contributed by atoms with van der Waals surface area (Å²) in [6, 6.07) is 5.64. The van der Waals surface area contributed by atoms with Crippen molar-refractivity contribution in [2.75, 3.05) is 46.4 Å². The molecule has 2 N–H and O–H groups in total. The number of piperazine rings is 1. The van der Waals surface area contributed by atoms with Crippen LogP contribution in [0.5, 0.6) is 0 Å². The molecule has 2 amide bonds. The van der Waals surface area contributed by atoms with Crippen molar-refractivity contribution in [3.8, 4) is 11.3 Å². The maximum absolute atomic E-state index is 14.2. The molecule has 5 aliphatic heterocycles. The Kier molecular flexibility index (Phi) is 13.0. The lowest BCUT2D eigenvalue weighted by atomic mass is 9.83. The second-order valence-corrected chi connectivity index (χ2v) is 20.5. The van der Waals surface area contributed by atoms with Gasteiger partial charge in [-0.2, -0.15) is 0 Å². The lowest BCUT2D eigenvalue weighted by Crippen LogP contribution is -2.60. The molecule has 62 heavy (non-hydrogen) atoms. The molecule has 0 spiro atoms. The van der Waals surface area contributed by atoms with Gasteiger partial charge in [-0.1, -0.05) is 26.3 Å². The van der Waals surface area contributed by atoms with Crippen LogP contribution in [-0.2, 0) is 43.2 Å². The number of fused-ring (bicyclic) bond motifs is 7. The number of amides is 2. The average molecular weight is 871 g/mol. The van der Waals surface area contributed by atoms with Gasteiger partial charge in [0.05, 0.1) is 34.8 Å². The number of ether oxygens (including phenoxy) is 3. The summed E-state index contributed by atoms with van der Waals surface area (Å²) in [5.41, 5.74) is 9.33. The third-order valence-electron chi connectivity index (χ3n) is 13.2. The lowest BCUT2D eigenvalue weighted by molar-refractivity contribution is -0.155. The molecular weight excluding hydrogens is 805 g/mol. The number of rotatable bonds is 6. The first-order valence-electron chi connectivity index (χ1n) is 22.7. The standard InChI is InChI=1S/C47H66N8O6S/c1-9-54-39-16-15-30-21-33(39)35(42(54)34-22-32(25-48-41(34)29(2)59-8)53-20-19-52-17-11-10-13-31(52)26-53)24-47(6,7)28-60-44(57)36-14-12-18-55(51-36)43(56)37(23-40-49-38(30)27-62-40)50-45(58)61-46(3,4)5/h15-16,21,25,27,29,31-32,36-37,51H,9-14,17-20,22-24,26,28H2,1-8H3,(H,50,58)/t29-,31+,32?,36-,37-/m0/s1. The Hall–Kier alpha value is -4.15. The van der Waals surface area contributed by atoms with Crippen LogP contribution in [0, 0.1) is 5.41 Å². The van der Waals surface area contributed by atoms with Gasteiger partial charge < -0.3 is 24.1 Å². The molecule has 5 aliphatic rings. The summed E-state index contributed by atoms with van der Waals surface area (Å²) in [5.74, 6) is -0.772. The van der Waals surface area contributed by atoms with E-state index in [2.05, 4.69) is 77.2 Å². The molecule has 0 aliphatic carbocycles. The quantitative estimate of drug-likeness (QED) is 0.260. The summed E-state index contributed by atoms with van der Waals surface area (Å²) in [4.78, 5) is 56.8. The number of nitrogens with one attached hydrogen (secondary N) is 2. The van der Waals surface area contributed by atoms with Crippen LogP contribution in [0.1, 0.15) is 103 Å². The van der Waals surface area contributed by atoms with E-state index in [0.717, 1.165) is 60.5 Å². The van der Waals surface area contributed by atoms with E-state index >= 15 is 0 Å². The van der Waals surface area contributed by atoms with Crippen molar-refractivity contribution in [2.24, 2.45) is 10.4 Å². The number of hydrogen-bond acceptors (Lipinski definition) is 12. The number of nitrogens with zero attached hydrogens (tertiary/aromatic N) is 6. The Morgan fingerprint density at radius 2 is 1.89 bits per heavy atom. The topological polar surface area (TPSA) is 143 Å². The molecule has 8 rings (SSSR count). The van der Waals surface area contributed by atoms with Crippen molar-refractivity contribution in [1.29, 1.82) is 0 Å². The largest absolute Gasteiger partial charge is 0.464 e. The van der Waals surface area contributed by atoms with Crippen molar-refractivity contribution in [1.82, 2.24) is 35.1 Å². The molecule has 336 valence electrons. The number of esters is 1. The van der Waals surface area contributed by atoms with E-state index in [1.165, 1.54) is 59.0 Å². The molecule has 7 heterocycles. The summed E-state index contributed by atoms with van der Waals surface area (Å²) < 4.78 is 20.2. The van der Waals surface area contributed by atoms with Crippen LogP contribution in [0.2, 0.25) is 0 Å². The number of thiazole rings is 1. The summed E-state index contributed by atoms with van der Waals surface area (Å²) in [5, 5.41) is 8.10. The Labute approximate surface area is 370 Å². The van der Waals surface area contributed by atoms with Gasteiger partial charge in [0.1, 0.15) is 17.7 Å². The van der Waals surface area contributed by atoms with Crippen LogP contribution in [-0.4, -0.2) is 131 Å². The van der Waals surface area contributed by atoms with Gasteiger partial charge in [-0.05, 0) is 97.4 Å². The summed E-state index contributed by atoms with van der Waals surface area (Å²) in [7, 11) is 1.76. The van der Waals surface area contributed by atoms with Crippen LogP contribution in [0.3, 0.4) is 0 Å². The van der Waals surface area contributed by atoms with Crippen molar-refractivity contribution in [3.63, 3.8) is 0 Å². The van der Waals surface area contributed by atoms with Gasteiger partial charge in [0.15, 0.2) is 0 Å². The average Bonchev–Trinajstić information content (AvgIpc) is 3.85. The van der Waals surface area contributed by atoms with Crippen molar-refractivity contribution in [3.05, 3.63) is 45.5 Å². The fourth-order valence-electron chi connectivity index (χ4n) is 9.99. The fraction of sp³-hybridized carbons (Fsp3) is 0.638. The molecule has 1 unspecified atom stereocenters.